The number of rotatable bonds is 1. The van der Waals surface area contributed by atoms with Crippen LogP contribution in [-0.2, 0) is 4.74 Å². The van der Waals surface area contributed by atoms with Crippen LogP contribution in [0.5, 0.6) is 0 Å². The van der Waals surface area contributed by atoms with Crippen molar-refractivity contribution in [3.05, 3.63) is 11.6 Å². The molecule has 0 aliphatic carbocycles. The predicted octanol–water partition coefficient (Wildman–Crippen LogP) is 1.47. The molecule has 0 aromatic carbocycles. The highest BCUT2D eigenvalue weighted by atomic mass is 32.2. The second-order valence-corrected chi connectivity index (χ2v) is 2.99. The Morgan fingerprint density at radius 2 is 2.45 bits per heavy atom. The summed E-state index contributed by atoms with van der Waals surface area (Å²) in [4.78, 5) is 13.8. The van der Waals surface area contributed by atoms with E-state index >= 15 is 0 Å². The molecule has 1 heterocycles. The number of hydrazine groups is 1. The molecule has 1 rings (SSSR count). The third-order valence-corrected chi connectivity index (χ3v) is 1.52. The summed E-state index contributed by atoms with van der Waals surface area (Å²) >= 11 is 1.33. The van der Waals surface area contributed by atoms with Gasteiger partial charge < -0.3 is 4.74 Å². The van der Waals surface area contributed by atoms with Gasteiger partial charge in [-0.05, 0) is 25.8 Å². The normalized spacial score (nSPS) is 16.1. The fourth-order valence-corrected chi connectivity index (χ4v) is 1.06. The van der Waals surface area contributed by atoms with Crippen LogP contribution >= 0.6 is 11.9 Å². The Morgan fingerprint density at radius 3 is 2.91 bits per heavy atom. The molecule has 0 aromatic heterocycles. The molecule has 62 valence electrons. The minimum absolute atomic E-state index is 0.0803. The van der Waals surface area contributed by atoms with Crippen molar-refractivity contribution in [3.63, 3.8) is 0 Å². The van der Waals surface area contributed by atoms with Crippen LogP contribution in [0.3, 0.4) is 0 Å². The van der Waals surface area contributed by atoms with Crippen molar-refractivity contribution in [2.75, 3.05) is 0 Å². The highest BCUT2D eigenvalue weighted by Gasteiger charge is 2.15. The highest BCUT2D eigenvalue weighted by Crippen LogP contribution is 2.09. The minimum Gasteiger partial charge on any atom is -0.445 e. The van der Waals surface area contributed by atoms with Crippen LogP contribution in [0.1, 0.15) is 13.8 Å². The van der Waals surface area contributed by atoms with Crippen LogP contribution in [0, 0.1) is 0 Å². The van der Waals surface area contributed by atoms with Gasteiger partial charge in [-0.15, -0.1) is 0 Å². The Morgan fingerprint density at radius 1 is 1.73 bits per heavy atom. The molecule has 0 atom stereocenters. The highest BCUT2D eigenvalue weighted by molar-refractivity contribution is 8.00. The molecule has 0 saturated heterocycles. The van der Waals surface area contributed by atoms with E-state index in [1.807, 2.05) is 13.8 Å². The van der Waals surface area contributed by atoms with E-state index in [9.17, 15) is 4.79 Å². The van der Waals surface area contributed by atoms with Crippen molar-refractivity contribution in [3.8, 4) is 0 Å². The minimum atomic E-state index is -0.374. The molecular formula is C6H10N2O2S. The molecule has 1 N–H and O–H groups in total. The van der Waals surface area contributed by atoms with Crippen LogP contribution in [-0.4, -0.2) is 17.2 Å². The lowest BCUT2D eigenvalue weighted by Crippen LogP contribution is -2.33. The summed E-state index contributed by atoms with van der Waals surface area (Å²) in [7, 11) is 0. The molecule has 1 aliphatic rings. The van der Waals surface area contributed by atoms with Crippen LogP contribution in [0.15, 0.2) is 11.6 Å². The standard InChI is InChI=1S/C6H10N2O2S/c1-5(2)10-6(9)8-3-4-11-7-8/h3-5,7H,1-2H3. The summed E-state index contributed by atoms with van der Waals surface area (Å²) in [5, 5.41) is 3.06. The Kier molecular flexibility index (Phi) is 2.78. The zero-order valence-corrected chi connectivity index (χ0v) is 7.22. The number of carbonyl (C=O) groups excluding carboxylic acids is 1. The molecule has 0 aromatic rings. The van der Waals surface area contributed by atoms with Gasteiger partial charge in [-0.25, -0.2) is 9.80 Å². The molecule has 4 nitrogen and oxygen atoms in total. The quantitative estimate of drug-likeness (QED) is 0.611. The predicted molar refractivity (Wildman–Crippen MR) is 43.3 cm³/mol. The van der Waals surface area contributed by atoms with Gasteiger partial charge in [0, 0.05) is 11.6 Å². The summed E-state index contributed by atoms with van der Waals surface area (Å²) in [5.41, 5.74) is 0. The molecular weight excluding hydrogens is 164 g/mol. The van der Waals surface area contributed by atoms with E-state index in [1.165, 1.54) is 17.0 Å². The van der Waals surface area contributed by atoms with Crippen molar-refractivity contribution >= 4 is 18.0 Å². The monoisotopic (exact) mass is 174 g/mol. The van der Waals surface area contributed by atoms with Crippen molar-refractivity contribution < 1.29 is 9.53 Å². The molecule has 0 radical (unpaired) electrons. The van der Waals surface area contributed by atoms with Crippen LogP contribution < -0.4 is 4.83 Å². The van der Waals surface area contributed by atoms with E-state index in [0.29, 0.717) is 0 Å². The number of ether oxygens (including phenoxy) is 1. The second-order valence-electron chi connectivity index (χ2n) is 2.30. The van der Waals surface area contributed by atoms with E-state index in [4.69, 9.17) is 4.74 Å². The third kappa shape index (κ3) is 2.44. The Bertz CT molecular complexity index is 181. The Hall–Kier alpha value is -0.680. The largest absolute Gasteiger partial charge is 0.445 e. The first-order valence-electron chi connectivity index (χ1n) is 3.28. The van der Waals surface area contributed by atoms with Crippen molar-refractivity contribution in [1.29, 1.82) is 0 Å². The molecule has 1 aliphatic heterocycles. The van der Waals surface area contributed by atoms with Gasteiger partial charge in [0.2, 0.25) is 0 Å². The van der Waals surface area contributed by atoms with Crippen LogP contribution in [0.25, 0.3) is 0 Å². The number of hydrogen-bond donors (Lipinski definition) is 1. The molecule has 11 heavy (non-hydrogen) atoms. The van der Waals surface area contributed by atoms with E-state index < -0.39 is 0 Å². The lowest BCUT2D eigenvalue weighted by molar-refractivity contribution is 0.0861. The maximum Gasteiger partial charge on any atom is 0.429 e. The maximum absolute atomic E-state index is 11.0. The molecule has 0 fully saturated rings. The van der Waals surface area contributed by atoms with Crippen molar-refractivity contribution in [1.82, 2.24) is 9.84 Å². The van der Waals surface area contributed by atoms with Crippen molar-refractivity contribution in [2.45, 2.75) is 20.0 Å². The second kappa shape index (κ2) is 3.64. The molecule has 1 amide bonds. The van der Waals surface area contributed by atoms with Crippen molar-refractivity contribution in [2.24, 2.45) is 0 Å². The molecule has 0 bridgehead atoms. The van der Waals surface area contributed by atoms with Gasteiger partial charge in [0.05, 0.1) is 6.10 Å². The summed E-state index contributed by atoms with van der Waals surface area (Å²) in [6, 6.07) is 0. The van der Waals surface area contributed by atoms with E-state index in [2.05, 4.69) is 4.83 Å². The average Bonchev–Trinajstić information content (AvgIpc) is 2.35. The van der Waals surface area contributed by atoms with Gasteiger partial charge in [-0.2, -0.15) is 4.83 Å². The van der Waals surface area contributed by atoms with E-state index in [1.54, 1.807) is 11.6 Å². The van der Waals surface area contributed by atoms with Gasteiger partial charge in [-0.3, -0.25) is 0 Å². The number of hydrogen-bond acceptors (Lipinski definition) is 4. The average molecular weight is 174 g/mol. The number of carbonyl (C=O) groups is 1. The molecule has 5 heteroatoms. The SMILES string of the molecule is CC(C)OC(=O)N1C=CSN1. The van der Waals surface area contributed by atoms with Gasteiger partial charge in [0.25, 0.3) is 0 Å². The maximum atomic E-state index is 11.0. The first-order valence-corrected chi connectivity index (χ1v) is 4.16. The smallest absolute Gasteiger partial charge is 0.429 e. The summed E-state index contributed by atoms with van der Waals surface area (Å²) in [5.74, 6) is 0. The van der Waals surface area contributed by atoms with Crippen LogP contribution in [0.4, 0.5) is 4.79 Å². The number of nitrogens with one attached hydrogen (secondary N) is 1. The van der Waals surface area contributed by atoms with Gasteiger partial charge in [0.1, 0.15) is 0 Å². The fraction of sp³-hybridized carbons (Fsp3) is 0.500. The Balaban J connectivity index is 2.35. The summed E-state index contributed by atoms with van der Waals surface area (Å²) in [6.45, 7) is 3.62. The van der Waals surface area contributed by atoms with Gasteiger partial charge in [0.15, 0.2) is 0 Å². The summed E-state index contributed by atoms with van der Waals surface area (Å²) in [6.07, 6.45) is 1.17. The number of nitrogens with zero attached hydrogens (tertiary/aromatic N) is 1. The first-order chi connectivity index (χ1) is 5.20. The number of amides is 1. The van der Waals surface area contributed by atoms with E-state index in [-0.39, 0.29) is 12.2 Å². The van der Waals surface area contributed by atoms with E-state index in [0.717, 1.165) is 0 Å². The zero-order valence-electron chi connectivity index (χ0n) is 6.40. The van der Waals surface area contributed by atoms with Gasteiger partial charge >= 0.3 is 6.09 Å². The lowest BCUT2D eigenvalue weighted by Gasteiger charge is -2.14. The van der Waals surface area contributed by atoms with Crippen LogP contribution in [0.2, 0.25) is 0 Å². The topological polar surface area (TPSA) is 41.6 Å². The summed E-state index contributed by atoms with van der Waals surface area (Å²) < 4.78 is 4.89. The first kappa shape index (κ1) is 8.42. The molecule has 0 spiro atoms. The molecule has 0 unspecified atom stereocenters. The van der Waals surface area contributed by atoms with Gasteiger partial charge in [-0.1, -0.05) is 0 Å². The zero-order chi connectivity index (χ0) is 8.27. The fourth-order valence-electron chi connectivity index (χ4n) is 0.565. The lowest BCUT2D eigenvalue weighted by atomic mass is 10.5. The molecule has 0 saturated carbocycles. The third-order valence-electron chi connectivity index (χ3n) is 0.962. The Labute approximate surface area is 69.7 Å².